The molecule has 156 valence electrons. The lowest BCUT2D eigenvalue weighted by molar-refractivity contribution is 0.143. The molecule has 0 spiro atoms. The number of ether oxygens (including phenoxy) is 1. The van der Waals surface area contributed by atoms with Gasteiger partial charge in [0, 0.05) is 38.4 Å². The van der Waals surface area contributed by atoms with Crippen LogP contribution in [0.1, 0.15) is 45.2 Å². The van der Waals surface area contributed by atoms with E-state index in [0.29, 0.717) is 0 Å². The molecule has 0 aliphatic heterocycles. The molecular weight excluding hydrogens is 475 g/mol. The summed E-state index contributed by atoms with van der Waals surface area (Å²) in [5, 5.41) is 7.64. The molecule has 0 saturated heterocycles. The molecule has 0 heterocycles. The van der Waals surface area contributed by atoms with Crippen LogP contribution in [-0.2, 0) is 4.74 Å². The van der Waals surface area contributed by atoms with E-state index in [1.165, 1.54) is 0 Å². The van der Waals surface area contributed by atoms with Crippen LogP contribution in [0.5, 0.6) is 0 Å². The fourth-order valence-corrected chi connectivity index (χ4v) is 3.20. The first-order chi connectivity index (χ1) is 12.7. The summed E-state index contributed by atoms with van der Waals surface area (Å²) in [5.74, 6) is 0.825. The first-order valence-electron chi connectivity index (χ1n) is 9.68. The molecule has 5 nitrogen and oxygen atoms in total. The highest BCUT2D eigenvalue weighted by Crippen LogP contribution is 2.26. The van der Waals surface area contributed by atoms with Gasteiger partial charge in [0.1, 0.15) is 0 Å². The van der Waals surface area contributed by atoms with E-state index in [1.807, 2.05) is 25.1 Å². The van der Waals surface area contributed by atoms with E-state index < -0.39 is 0 Å². The SMILES string of the molecule is CCOCCCCNC(=NC)NCC(c1ccccc1Cl)N(CC)CC.I. The van der Waals surface area contributed by atoms with Gasteiger partial charge in [0.25, 0.3) is 0 Å². The molecule has 0 saturated carbocycles. The highest BCUT2D eigenvalue weighted by molar-refractivity contribution is 14.0. The fraction of sp³-hybridized carbons (Fsp3) is 0.650. The lowest BCUT2D eigenvalue weighted by Gasteiger charge is -2.31. The highest BCUT2D eigenvalue weighted by atomic mass is 127. The standard InChI is InChI=1S/C20H35ClN4O.HI/c1-5-25(6-2)19(17-12-8-9-13-18(17)21)16-24-20(22-4)23-14-10-11-15-26-7-3;/h8-9,12-13,19H,5-7,10-11,14-16H2,1-4H3,(H2,22,23,24);1H. The minimum Gasteiger partial charge on any atom is -0.382 e. The normalized spacial score (nSPS) is 12.6. The van der Waals surface area contributed by atoms with Crippen LogP contribution in [0.2, 0.25) is 5.02 Å². The Hall–Kier alpha value is -0.570. The van der Waals surface area contributed by atoms with Crippen molar-refractivity contribution in [2.24, 2.45) is 4.99 Å². The third kappa shape index (κ3) is 9.96. The Morgan fingerprint density at radius 3 is 2.44 bits per heavy atom. The summed E-state index contributed by atoms with van der Waals surface area (Å²) in [5.41, 5.74) is 1.15. The summed E-state index contributed by atoms with van der Waals surface area (Å²) in [6.45, 7) is 11.6. The average Bonchev–Trinajstić information content (AvgIpc) is 2.66. The lowest BCUT2D eigenvalue weighted by Crippen LogP contribution is -2.43. The van der Waals surface area contributed by atoms with Gasteiger partial charge in [0.15, 0.2) is 5.96 Å². The molecular formula is C20H36ClIN4O. The van der Waals surface area contributed by atoms with Crippen molar-refractivity contribution in [3.8, 4) is 0 Å². The maximum atomic E-state index is 6.46. The molecule has 0 aliphatic rings. The molecule has 2 N–H and O–H groups in total. The van der Waals surface area contributed by atoms with Crippen molar-refractivity contribution in [2.45, 2.75) is 39.7 Å². The van der Waals surface area contributed by atoms with Crippen molar-refractivity contribution in [3.63, 3.8) is 0 Å². The Morgan fingerprint density at radius 1 is 1.15 bits per heavy atom. The van der Waals surface area contributed by atoms with Gasteiger partial charge in [-0.2, -0.15) is 0 Å². The van der Waals surface area contributed by atoms with Gasteiger partial charge in [0.2, 0.25) is 0 Å². The van der Waals surface area contributed by atoms with E-state index in [1.54, 1.807) is 7.05 Å². The maximum absolute atomic E-state index is 6.46. The van der Waals surface area contributed by atoms with Gasteiger partial charge in [-0.3, -0.25) is 9.89 Å². The number of guanidine groups is 1. The fourth-order valence-electron chi connectivity index (χ4n) is 2.94. The Morgan fingerprint density at radius 2 is 1.85 bits per heavy atom. The zero-order valence-electron chi connectivity index (χ0n) is 17.1. The van der Waals surface area contributed by atoms with E-state index in [9.17, 15) is 0 Å². The first kappa shape index (κ1) is 26.4. The zero-order chi connectivity index (χ0) is 19.2. The predicted molar refractivity (Wildman–Crippen MR) is 128 cm³/mol. The molecule has 0 bridgehead atoms. The van der Waals surface area contributed by atoms with Gasteiger partial charge in [-0.15, -0.1) is 24.0 Å². The van der Waals surface area contributed by atoms with Crippen molar-refractivity contribution in [2.75, 3.05) is 46.4 Å². The molecule has 7 heteroatoms. The molecule has 0 aliphatic carbocycles. The molecule has 1 rings (SSSR count). The molecule has 0 fully saturated rings. The number of hydrogen-bond donors (Lipinski definition) is 2. The number of halogens is 2. The second-order valence-corrected chi connectivity index (χ2v) is 6.45. The molecule has 1 aromatic carbocycles. The second-order valence-electron chi connectivity index (χ2n) is 6.04. The van der Waals surface area contributed by atoms with Crippen molar-refractivity contribution in [1.82, 2.24) is 15.5 Å². The molecule has 0 aromatic heterocycles. The summed E-state index contributed by atoms with van der Waals surface area (Å²) in [7, 11) is 1.80. The second kappa shape index (κ2) is 16.4. The van der Waals surface area contributed by atoms with E-state index >= 15 is 0 Å². The van der Waals surface area contributed by atoms with Crippen LogP contribution in [0, 0.1) is 0 Å². The Kier molecular flexibility index (Phi) is 16.0. The van der Waals surface area contributed by atoms with Gasteiger partial charge in [-0.05, 0) is 44.5 Å². The Bertz CT molecular complexity index is 526. The van der Waals surface area contributed by atoms with Gasteiger partial charge < -0.3 is 15.4 Å². The molecule has 0 radical (unpaired) electrons. The van der Waals surface area contributed by atoms with Gasteiger partial charge in [0.05, 0.1) is 6.04 Å². The topological polar surface area (TPSA) is 48.9 Å². The number of likely N-dealkylation sites (N-methyl/N-ethyl adjacent to an activating group) is 1. The number of nitrogens with zero attached hydrogens (tertiary/aromatic N) is 2. The van der Waals surface area contributed by atoms with E-state index in [0.717, 1.165) is 68.8 Å². The smallest absolute Gasteiger partial charge is 0.191 e. The zero-order valence-corrected chi connectivity index (χ0v) is 20.2. The third-order valence-corrected chi connectivity index (χ3v) is 4.76. The number of unbranched alkanes of at least 4 members (excludes halogenated alkanes) is 1. The van der Waals surface area contributed by atoms with Crippen LogP contribution in [0.4, 0.5) is 0 Å². The number of nitrogens with one attached hydrogen (secondary N) is 2. The van der Waals surface area contributed by atoms with Crippen LogP contribution >= 0.6 is 35.6 Å². The minimum absolute atomic E-state index is 0. The average molecular weight is 511 g/mol. The van der Waals surface area contributed by atoms with E-state index in [2.05, 4.69) is 40.4 Å². The van der Waals surface area contributed by atoms with Gasteiger partial charge in [-0.25, -0.2) is 0 Å². The van der Waals surface area contributed by atoms with Crippen LogP contribution in [0.15, 0.2) is 29.3 Å². The lowest BCUT2D eigenvalue weighted by atomic mass is 10.0. The van der Waals surface area contributed by atoms with Crippen LogP contribution in [-0.4, -0.2) is 57.3 Å². The van der Waals surface area contributed by atoms with Gasteiger partial charge >= 0.3 is 0 Å². The predicted octanol–water partition coefficient (Wildman–Crippen LogP) is 4.32. The van der Waals surface area contributed by atoms with Crippen molar-refractivity contribution < 1.29 is 4.74 Å². The summed E-state index contributed by atoms with van der Waals surface area (Å²) in [4.78, 5) is 6.74. The minimum atomic E-state index is 0. The van der Waals surface area contributed by atoms with Crippen molar-refractivity contribution >= 4 is 41.5 Å². The first-order valence-corrected chi connectivity index (χ1v) is 10.1. The number of benzene rings is 1. The van der Waals surface area contributed by atoms with Gasteiger partial charge in [-0.1, -0.05) is 43.6 Å². The monoisotopic (exact) mass is 510 g/mol. The van der Waals surface area contributed by atoms with E-state index in [4.69, 9.17) is 16.3 Å². The summed E-state index contributed by atoms with van der Waals surface area (Å²) in [6, 6.07) is 8.29. The highest BCUT2D eigenvalue weighted by Gasteiger charge is 2.20. The van der Waals surface area contributed by atoms with Crippen LogP contribution < -0.4 is 10.6 Å². The number of rotatable bonds is 12. The summed E-state index contributed by atoms with van der Waals surface area (Å²) >= 11 is 6.46. The Labute approximate surface area is 187 Å². The molecule has 1 aromatic rings. The molecule has 27 heavy (non-hydrogen) atoms. The maximum Gasteiger partial charge on any atom is 0.191 e. The van der Waals surface area contributed by atoms with Crippen molar-refractivity contribution in [3.05, 3.63) is 34.9 Å². The van der Waals surface area contributed by atoms with Crippen molar-refractivity contribution in [1.29, 1.82) is 0 Å². The summed E-state index contributed by atoms with van der Waals surface area (Å²) < 4.78 is 5.37. The molecule has 1 atom stereocenters. The molecule has 0 amide bonds. The number of hydrogen-bond acceptors (Lipinski definition) is 3. The third-order valence-electron chi connectivity index (χ3n) is 4.42. The molecule has 1 unspecified atom stereocenters. The largest absolute Gasteiger partial charge is 0.382 e. The summed E-state index contributed by atoms with van der Waals surface area (Å²) in [6.07, 6.45) is 2.12. The van der Waals surface area contributed by atoms with Crippen LogP contribution in [0.25, 0.3) is 0 Å². The van der Waals surface area contributed by atoms with E-state index in [-0.39, 0.29) is 30.0 Å². The number of aliphatic imine (C=N–C) groups is 1. The van der Waals surface area contributed by atoms with Crippen LogP contribution in [0.3, 0.4) is 0 Å². The quantitative estimate of drug-likeness (QED) is 0.190. The Balaban J connectivity index is 0.00000676.